The second-order valence-corrected chi connectivity index (χ2v) is 2.94. The second-order valence-electron chi connectivity index (χ2n) is 2.94. The van der Waals surface area contributed by atoms with Gasteiger partial charge < -0.3 is 0 Å². The molecule has 0 saturated carbocycles. The monoisotopic (exact) mass is 202 g/mol. The van der Waals surface area contributed by atoms with Crippen molar-refractivity contribution in [1.29, 1.82) is 0 Å². The Morgan fingerprint density at radius 2 is 1.73 bits per heavy atom. The van der Waals surface area contributed by atoms with Gasteiger partial charge in [-0.15, -0.1) is 0 Å². The van der Waals surface area contributed by atoms with E-state index in [4.69, 9.17) is 0 Å². The van der Waals surface area contributed by atoms with E-state index in [1.807, 2.05) is 26.8 Å². The van der Waals surface area contributed by atoms with Gasteiger partial charge in [0.25, 0.3) is 0 Å². The van der Waals surface area contributed by atoms with Crippen LogP contribution in [0.25, 0.3) is 5.57 Å². The average Bonchev–Trinajstić information content (AvgIpc) is 2.34. The third kappa shape index (κ3) is 5.21. The van der Waals surface area contributed by atoms with E-state index in [1.54, 1.807) is 0 Å². The standard InChI is InChI=1S/C13H16.C2H6/c1-3-5-9-12(4-2)13-10-7-6-8-11-13;1-2/h3,5-11H,4H2,1-2H3;1-2H3/b5-3-,12-9+;. The molecule has 1 aromatic rings. The van der Waals surface area contributed by atoms with Gasteiger partial charge in [0.2, 0.25) is 0 Å². The first kappa shape index (κ1) is 13.7. The largest absolute Gasteiger partial charge is 0.0877 e. The summed E-state index contributed by atoms with van der Waals surface area (Å²) in [5.41, 5.74) is 2.71. The minimum Gasteiger partial charge on any atom is -0.0877 e. The molecule has 0 nitrogen and oxygen atoms in total. The Hall–Kier alpha value is -1.30. The maximum atomic E-state index is 2.18. The Balaban J connectivity index is 0.000000921. The minimum atomic E-state index is 1.08. The Labute approximate surface area is 94.3 Å². The van der Waals surface area contributed by atoms with E-state index in [-0.39, 0.29) is 0 Å². The summed E-state index contributed by atoms with van der Waals surface area (Å²) in [5.74, 6) is 0. The molecule has 0 heterocycles. The molecule has 0 N–H and O–H groups in total. The lowest BCUT2D eigenvalue weighted by molar-refractivity contribution is 1.24. The topological polar surface area (TPSA) is 0 Å². The first-order valence-electron chi connectivity index (χ1n) is 5.75. The molecule has 0 fully saturated rings. The highest BCUT2D eigenvalue weighted by Crippen LogP contribution is 2.17. The zero-order valence-corrected chi connectivity index (χ0v) is 10.3. The van der Waals surface area contributed by atoms with Gasteiger partial charge in [-0.2, -0.15) is 0 Å². The number of benzene rings is 1. The lowest BCUT2D eigenvalue weighted by Crippen LogP contribution is -1.80. The number of hydrogen-bond acceptors (Lipinski definition) is 0. The summed E-state index contributed by atoms with van der Waals surface area (Å²) >= 11 is 0. The van der Waals surface area contributed by atoms with E-state index in [1.165, 1.54) is 11.1 Å². The summed E-state index contributed by atoms with van der Waals surface area (Å²) in [6.07, 6.45) is 7.40. The highest BCUT2D eigenvalue weighted by molar-refractivity contribution is 5.66. The number of allylic oxidation sites excluding steroid dienone is 4. The van der Waals surface area contributed by atoms with E-state index < -0.39 is 0 Å². The van der Waals surface area contributed by atoms with Crippen LogP contribution in [0.2, 0.25) is 0 Å². The molecular formula is C15H22. The molecule has 0 radical (unpaired) electrons. The molecule has 0 bridgehead atoms. The van der Waals surface area contributed by atoms with Crippen LogP contribution in [0, 0.1) is 0 Å². The van der Waals surface area contributed by atoms with Crippen molar-refractivity contribution < 1.29 is 0 Å². The zero-order valence-electron chi connectivity index (χ0n) is 10.3. The Kier molecular flexibility index (Phi) is 8.46. The maximum Gasteiger partial charge on any atom is -0.0225 e. The van der Waals surface area contributed by atoms with E-state index in [9.17, 15) is 0 Å². The maximum absolute atomic E-state index is 2.18. The van der Waals surface area contributed by atoms with Crippen molar-refractivity contribution in [2.45, 2.75) is 34.1 Å². The lowest BCUT2D eigenvalue weighted by Gasteiger charge is -2.02. The Morgan fingerprint density at radius 3 is 2.20 bits per heavy atom. The van der Waals surface area contributed by atoms with Gasteiger partial charge in [0, 0.05) is 0 Å². The molecule has 0 amide bonds. The van der Waals surface area contributed by atoms with Crippen LogP contribution in [0.3, 0.4) is 0 Å². The summed E-state index contributed by atoms with van der Waals surface area (Å²) in [6, 6.07) is 10.5. The molecule has 0 saturated heterocycles. The summed E-state index contributed by atoms with van der Waals surface area (Å²) in [5, 5.41) is 0. The molecule has 0 aliphatic heterocycles. The van der Waals surface area contributed by atoms with Crippen molar-refractivity contribution in [1.82, 2.24) is 0 Å². The lowest BCUT2D eigenvalue weighted by atomic mass is 10.0. The molecule has 0 heteroatoms. The van der Waals surface area contributed by atoms with Gasteiger partial charge in [0.05, 0.1) is 0 Å². The van der Waals surface area contributed by atoms with Gasteiger partial charge in [0.15, 0.2) is 0 Å². The fourth-order valence-electron chi connectivity index (χ4n) is 1.28. The molecule has 0 aromatic heterocycles. The smallest absolute Gasteiger partial charge is 0.0225 e. The highest BCUT2D eigenvalue weighted by Gasteiger charge is 1.94. The van der Waals surface area contributed by atoms with Crippen molar-refractivity contribution in [2.75, 3.05) is 0 Å². The second kappa shape index (κ2) is 9.26. The van der Waals surface area contributed by atoms with Crippen LogP contribution >= 0.6 is 0 Å². The van der Waals surface area contributed by atoms with Gasteiger partial charge >= 0.3 is 0 Å². The quantitative estimate of drug-likeness (QED) is 0.599. The van der Waals surface area contributed by atoms with Crippen LogP contribution in [-0.2, 0) is 0 Å². The molecule has 0 unspecified atom stereocenters. The third-order valence-electron chi connectivity index (χ3n) is 2.02. The van der Waals surface area contributed by atoms with Gasteiger partial charge in [-0.1, -0.05) is 69.3 Å². The van der Waals surface area contributed by atoms with Gasteiger partial charge in [0.1, 0.15) is 0 Å². The summed E-state index contributed by atoms with van der Waals surface area (Å²) in [7, 11) is 0. The molecule has 1 aromatic carbocycles. The van der Waals surface area contributed by atoms with Crippen LogP contribution in [0.15, 0.2) is 48.6 Å². The van der Waals surface area contributed by atoms with Crippen LogP contribution in [-0.4, -0.2) is 0 Å². The Morgan fingerprint density at radius 1 is 1.13 bits per heavy atom. The molecule has 1 rings (SSSR count). The van der Waals surface area contributed by atoms with Gasteiger partial charge in [-0.25, -0.2) is 0 Å². The van der Waals surface area contributed by atoms with E-state index >= 15 is 0 Å². The van der Waals surface area contributed by atoms with Crippen LogP contribution < -0.4 is 0 Å². The van der Waals surface area contributed by atoms with Crippen molar-refractivity contribution in [3.63, 3.8) is 0 Å². The Bertz CT molecular complexity index is 291. The van der Waals surface area contributed by atoms with Crippen LogP contribution in [0.1, 0.15) is 39.7 Å². The summed E-state index contributed by atoms with van der Waals surface area (Å²) < 4.78 is 0. The number of rotatable bonds is 3. The summed E-state index contributed by atoms with van der Waals surface area (Å²) in [4.78, 5) is 0. The first-order chi connectivity index (χ1) is 7.38. The molecule has 0 aliphatic carbocycles. The minimum absolute atomic E-state index is 1.08. The third-order valence-corrected chi connectivity index (χ3v) is 2.02. The van der Waals surface area contributed by atoms with Crippen molar-refractivity contribution in [2.24, 2.45) is 0 Å². The van der Waals surface area contributed by atoms with Gasteiger partial charge in [-0.3, -0.25) is 0 Å². The SMILES string of the molecule is C/C=C\C=C(/CC)c1ccccc1.CC. The molecule has 0 spiro atoms. The predicted octanol–water partition coefficient (Wildman–Crippen LogP) is 5.08. The van der Waals surface area contributed by atoms with Crippen molar-refractivity contribution >= 4 is 5.57 Å². The van der Waals surface area contributed by atoms with Crippen LogP contribution in [0.5, 0.6) is 0 Å². The molecule has 15 heavy (non-hydrogen) atoms. The molecule has 0 atom stereocenters. The number of hydrogen-bond donors (Lipinski definition) is 0. The van der Waals surface area contributed by atoms with E-state index in [2.05, 4.69) is 49.4 Å². The van der Waals surface area contributed by atoms with Crippen molar-refractivity contribution in [3.05, 3.63) is 54.1 Å². The predicted molar refractivity (Wildman–Crippen MR) is 70.9 cm³/mol. The fourth-order valence-corrected chi connectivity index (χ4v) is 1.28. The molecule has 82 valence electrons. The normalized spacial score (nSPS) is 11.1. The van der Waals surface area contributed by atoms with E-state index in [0.29, 0.717) is 0 Å². The zero-order chi connectivity index (χ0) is 11.5. The summed E-state index contributed by atoms with van der Waals surface area (Å²) in [6.45, 7) is 8.22. The molecule has 0 aliphatic rings. The van der Waals surface area contributed by atoms with E-state index in [0.717, 1.165) is 6.42 Å². The highest BCUT2D eigenvalue weighted by atomic mass is 14.0. The average molecular weight is 202 g/mol. The fraction of sp³-hybridized carbons (Fsp3) is 0.333. The van der Waals surface area contributed by atoms with Crippen LogP contribution in [0.4, 0.5) is 0 Å². The van der Waals surface area contributed by atoms with Crippen molar-refractivity contribution in [3.8, 4) is 0 Å². The first-order valence-corrected chi connectivity index (χ1v) is 5.75. The molecular weight excluding hydrogens is 180 g/mol. The van der Waals surface area contributed by atoms with Gasteiger partial charge in [-0.05, 0) is 24.5 Å².